The Morgan fingerprint density at radius 1 is 1.14 bits per heavy atom. The molecule has 0 unspecified atom stereocenters. The van der Waals surface area contributed by atoms with E-state index in [1.165, 1.54) is 30.3 Å². The van der Waals surface area contributed by atoms with E-state index in [0.717, 1.165) is 12.1 Å². The van der Waals surface area contributed by atoms with Crippen molar-refractivity contribution in [1.29, 1.82) is 0 Å². The predicted octanol–water partition coefficient (Wildman–Crippen LogP) is 3.37. The molecular formula is C20H19F3N2O4. The number of rotatable bonds is 6. The molecule has 6 nitrogen and oxygen atoms in total. The third-order valence-corrected chi connectivity index (χ3v) is 4.34. The van der Waals surface area contributed by atoms with E-state index in [4.69, 9.17) is 9.47 Å². The van der Waals surface area contributed by atoms with Crippen molar-refractivity contribution >= 4 is 23.6 Å². The molecule has 0 bridgehead atoms. The second kappa shape index (κ2) is 8.95. The van der Waals surface area contributed by atoms with Crippen LogP contribution in [0.15, 0.2) is 42.5 Å². The van der Waals surface area contributed by atoms with Crippen LogP contribution >= 0.6 is 0 Å². The average molecular weight is 408 g/mol. The normalized spacial score (nSPS) is 14.4. The Labute approximate surface area is 165 Å². The Bertz CT molecular complexity index is 863. The number of carbonyl (C=O) groups excluding carboxylic acids is 2. The van der Waals surface area contributed by atoms with E-state index >= 15 is 0 Å². The first kappa shape index (κ1) is 20.7. The molecule has 0 saturated carbocycles. The lowest BCUT2D eigenvalue weighted by Crippen LogP contribution is -2.37. The van der Waals surface area contributed by atoms with Crippen LogP contribution in [0.2, 0.25) is 0 Å². The molecule has 0 atom stereocenters. The van der Waals surface area contributed by atoms with Gasteiger partial charge in [0.1, 0.15) is 12.0 Å². The zero-order valence-electron chi connectivity index (χ0n) is 15.4. The number of carbonyl (C=O) groups is 2. The fourth-order valence-electron chi connectivity index (χ4n) is 2.87. The third-order valence-electron chi connectivity index (χ3n) is 4.34. The van der Waals surface area contributed by atoms with Crippen LogP contribution < -0.4 is 15.0 Å². The van der Waals surface area contributed by atoms with Crippen molar-refractivity contribution in [3.05, 3.63) is 53.6 Å². The molecule has 1 saturated heterocycles. The number of morpholine rings is 1. The Morgan fingerprint density at radius 2 is 1.83 bits per heavy atom. The van der Waals surface area contributed by atoms with Crippen molar-refractivity contribution in [3.63, 3.8) is 0 Å². The van der Waals surface area contributed by atoms with Gasteiger partial charge >= 0.3 is 6.18 Å². The lowest BCUT2D eigenvalue weighted by molar-refractivity contribution is -0.137. The van der Waals surface area contributed by atoms with Crippen LogP contribution in [0.4, 0.5) is 24.5 Å². The fraction of sp³-hybridized carbons (Fsp3) is 0.300. The number of ether oxygens (including phenoxy) is 2. The first-order valence-electron chi connectivity index (χ1n) is 8.88. The van der Waals surface area contributed by atoms with Crippen molar-refractivity contribution in [3.8, 4) is 5.75 Å². The summed E-state index contributed by atoms with van der Waals surface area (Å²) in [7, 11) is 0. The quantitative estimate of drug-likeness (QED) is 0.743. The summed E-state index contributed by atoms with van der Waals surface area (Å²) < 4.78 is 50.0. The van der Waals surface area contributed by atoms with Gasteiger partial charge in [0, 0.05) is 18.7 Å². The van der Waals surface area contributed by atoms with Crippen LogP contribution in [0.1, 0.15) is 15.9 Å². The fourth-order valence-corrected chi connectivity index (χ4v) is 2.87. The summed E-state index contributed by atoms with van der Waals surface area (Å²) >= 11 is 0. The van der Waals surface area contributed by atoms with Gasteiger partial charge < -0.3 is 19.7 Å². The van der Waals surface area contributed by atoms with Crippen LogP contribution in [0, 0.1) is 0 Å². The van der Waals surface area contributed by atoms with Crippen LogP contribution in [-0.4, -0.2) is 45.1 Å². The van der Waals surface area contributed by atoms with Gasteiger partial charge in [0.05, 0.1) is 30.2 Å². The summed E-state index contributed by atoms with van der Waals surface area (Å²) in [4.78, 5) is 24.8. The molecule has 0 radical (unpaired) electrons. The molecule has 1 N–H and O–H groups in total. The van der Waals surface area contributed by atoms with Crippen molar-refractivity contribution in [2.24, 2.45) is 0 Å². The third kappa shape index (κ3) is 5.47. The first-order chi connectivity index (χ1) is 13.9. The van der Waals surface area contributed by atoms with Gasteiger partial charge in [-0.3, -0.25) is 9.59 Å². The minimum absolute atomic E-state index is 0.0617. The SMILES string of the molecule is O=Cc1ccc(OCC(=O)Nc2cc(C(F)(F)F)ccc2N2CCOCC2)cc1. The van der Waals surface area contributed by atoms with E-state index in [1.807, 2.05) is 4.90 Å². The molecule has 9 heteroatoms. The van der Waals surface area contributed by atoms with E-state index in [1.54, 1.807) is 0 Å². The zero-order valence-corrected chi connectivity index (χ0v) is 15.4. The highest BCUT2D eigenvalue weighted by atomic mass is 19.4. The zero-order chi connectivity index (χ0) is 20.9. The van der Waals surface area contributed by atoms with Gasteiger partial charge in [0.15, 0.2) is 6.61 Å². The van der Waals surface area contributed by atoms with E-state index in [2.05, 4.69) is 5.32 Å². The van der Waals surface area contributed by atoms with E-state index in [9.17, 15) is 22.8 Å². The summed E-state index contributed by atoms with van der Waals surface area (Å²) in [5, 5.41) is 2.51. The molecule has 2 aromatic rings. The molecule has 1 heterocycles. The topological polar surface area (TPSA) is 67.9 Å². The maximum absolute atomic E-state index is 13.1. The predicted molar refractivity (Wildman–Crippen MR) is 100 cm³/mol. The number of hydrogen-bond acceptors (Lipinski definition) is 5. The number of halogens is 3. The van der Waals surface area contributed by atoms with Gasteiger partial charge in [-0.15, -0.1) is 0 Å². The van der Waals surface area contributed by atoms with Gasteiger partial charge in [0.25, 0.3) is 5.91 Å². The second-order valence-electron chi connectivity index (χ2n) is 6.35. The summed E-state index contributed by atoms with van der Waals surface area (Å²) in [5.74, 6) is -0.235. The van der Waals surface area contributed by atoms with Gasteiger partial charge in [0.2, 0.25) is 0 Å². The van der Waals surface area contributed by atoms with Crippen molar-refractivity contribution < 1.29 is 32.2 Å². The number of alkyl halides is 3. The molecule has 29 heavy (non-hydrogen) atoms. The minimum Gasteiger partial charge on any atom is -0.484 e. The largest absolute Gasteiger partial charge is 0.484 e. The Kier molecular flexibility index (Phi) is 6.38. The first-order valence-corrected chi connectivity index (χ1v) is 8.88. The summed E-state index contributed by atoms with van der Waals surface area (Å²) in [6.07, 6.45) is -3.85. The Balaban J connectivity index is 1.73. The minimum atomic E-state index is -4.53. The molecule has 2 aromatic carbocycles. The maximum atomic E-state index is 13.1. The van der Waals surface area contributed by atoms with Gasteiger partial charge in [-0.2, -0.15) is 13.2 Å². The number of amides is 1. The molecule has 0 aliphatic carbocycles. The molecule has 3 rings (SSSR count). The van der Waals surface area contributed by atoms with Crippen molar-refractivity contribution in [1.82, 2.24) is 0 Å². The highest BCUT2D eigenvalue weighted by Gasteiger charge is 2.32. The second-order valence-corrected chi connectivity index (χ2v) is 6.35. The Morgan fingerprint density at radius 3 is 2.45 bits per heavy atom. The van der Waals surface area contributed by atoms with Crippen LogP contribution in [0.3, 0.4) is 0 Å². The number of benzene rings is 2. The van der Waals surface area contributed by atoms with Gasteiger partial charge in [-0.05, 0) is 42.5 Å². The molecule has 0 aromatic heterocycles. The van der Waals surface area contributed by atoms with Crippen LogP contribution in [0.25, 0.3) is 0 Å². The molecule has 154 valence electrons. The lowest BCUT2D eigenvalue weighted by atomic mass is 10.1. The molecular weight excluding hydrogens is 389 g/mol. The highest BCUT2D eigenvalue weighted by molar-refractivity contribution is 5.95. The van der Waals surface area contributed by atoms with Gasteiger partial charge in [-0.25, -0.2) is 0 Å². The standard InChI is InChI=1S/C20H19F3N2O4/c21-20(22,23)15-3-6-18(25-7-9-28-10-8-25)17(11-15)24-19(27)13-29-16-4-1-14(12-26)2-5-16/h1-6,11-12H,7-10,13H2,(H,24,27). The van der Waals surface area contributed by atoms with Crippen molar-refractivity contribution in [2.75, 3.05) is 43.1 Å². The maximum Gasteiger partial charge on any atom is 0.416 e. The van der Waals surface area contributed by atoms with E-state index in [0.29, 0.717) is 49.6 Å². The van der Waals surface area contributed by atoms with E-state index < -0.39 is 17.6 Å². The number of aldehydes is 1. The van der Waals surface area contributed by atoms with Crippen LogP contribution in [-0.2, 0) is 15.7 Å². The molecule has 1 aliphatic rings. The summed E-state index contributed by atoms with van der Waals surface area (Å²) in [6.45, 7) is 1.53. The van der Waals surface area contributed by atoms with Crippen LogP contribution in [0.5, 0.6) is 5.75 Å². The molecule has 0 spiro atoms. The lowest BCUT2D eigenvalue weighted by Gasteiger charge is -2.31. The summed E-state index contributed by atoms with van der Waals surface area (Å²) in [6, 6.07) is 9.38. The van der Waals surface area contributed by atoms with Crippen molar-refractivity contribution in [2.45, 2.75) is 6.18 Å². The van der Waals surface area contributed by atoms with Gasteiger partial charge in [-0.1, -0.05) is 0 Å². The highest BCUT2D eigenvalue weighted by Crippen LogP contribution is 2.35. The number of hydrogen-bond donors (Lipinski definition) is 1. The number of nitrogens with zero attached hydrogens (tertiary/aromatic N) is 1. The smallest absolute Gasteiger partial charge is 0.416 e. The average Bonchev–Trinajstić information content (AvgIpc) is 2.72. The monoisotopic (exact) mass is 408 g/mol. The number of nitrogens with one attached hydrogen (secondary N) is 1. The molecule has 1 aliphatic heterocycles. The molecule has 1 fully saturated rings. The molecule has 1 amide bonds. The number of anilines is 2. The summed E-state index contributed by atoms with van der Waals surface area (Å²) in [5.41, 5.74) is 0.160. The van der Waals surface area contributed by atoms with E-state index in [-0.39, 0.29) is 12.3 Å². The Hall–Kier alpha value is -3.07.